The minimum absolute atomic E-state index is 0.00967. The second-order valence-electron chi connectivity index (χ2n) is 6.28. The predicted molar refractivity (Wildman–Crippen MR) is 99.3 cm³/mol. The van der Waals surface area contributed by atoms with Crippen molar-refractivity contribution in [3.63, 3.8) is 0 Å². The molecule has 0 unspecified atom stereocenters. The smallest absolute Gasteiger partial charge is 0.266 e. The molecule has 0 radical (unpaired) electrons. The second-order valence-corrected chi connectivity index (χ2v) is 8.32. The van der Waals surface area contributed by atoms with Crippen LogP contribution in [0.15, 0.2) is 29.1 Å². The number of aromatic nitrogens is 3. The Labute approximate surface area is 146 Å². The van der Waals surface area contributed by atoms with E-state index in [2.05, 4.69) is 24.2 Å². The first-order chi connectivity index (χ1) is 11.7. The second kappa shape index (κ2) is 5.22. The first-order valence-electron chi connectivity index (χ1n) is 8.12. The highest BCUT2D eigenvalue weighted by molar-refractivity contribution is 7.21. The molecule has 0 bridgehead atoms. The van der Waals surface area contributed by atoms with Crippen LogP contribution < -0.4 is 5.56 Å². The average molecular weight is 353 g/mol. The van der Waals surface area contributed by atoms with Gasteiger partial charge in [0.25, 0.3) is 5.56 Å². The molecule has 5 rings (SSSR count). The van der Waals surface area contributed by atoms with E-state index in [-0.39, 0.29) is 5.56 Å². The number of fused-ring (bicyclic) bond motifs is 4. The van der Waals surface area contributed by atoms with Crippen molar-refractivity contribution in [1.82, 2.24) is 14.6 Å². The molecule has 1 aliphatic carbocycles. The van der Waals surface area contributed by atoms with Gasteiger partial charge in [-0.15, -0.1) is 11.3 Å². The third-order valence-electron chi connectivity index (χ3n) is 4.58. The molecule has 1 aromatic carbocycles. The summed E-state index contributed by atoms with van der Waals surface area (Å²) in [4.78, 5) is 20.7. The lowest BCUT2D eigenvalue weighted by molar-refractivity contribution is 0.699. The van der Waals surface area contributed by atoms with Crippen LogP contribution >= 0.6 is 22.7 Å². The van der Waals surface area contributed by atoms with Crippen LogP contribution in [0.5, 0.6) is 0 Å². The van der Waals surface area contributed by atoms with Crippen LogP contribution in [0.2, 0.25) is 0 Å². The topological polar surface area (TPSA) is 47.3 Å². The number of benzene rings is 1. The number of aryl methyl sites for hydroxylation is 3. The molecule has 0 saturated heterocycles. The van der Waals surface area contributed by atoms with Gasteiger partial charge in [-0.25, -0.2) is 4.98 Å². The maximum Gasteiger partial charge on any atom is 0.284 e. The third kappa shape index (κ3) is 2.06. The number of hydrogen-bond acceptors (Lipinski definition) is 5. The lowest BCUT2D eigenvalue weighted by atomic mass is 9.97. The van der Waals surface area contributed by atoms with E-state index in [1.807, 2.05) is 12.1 Å². The van der Waals surface area contributed by atoms with Gasteiger partial charge in [0.1, 0.15) is 9.84 Å². The van der Waals surface area contributed by atoms with Crippen LogP contribution in [0.1, 0.15) is 28.8 Å². The zero-order chi connectivity index (χ0) is 16.3. The van der Waals surface area contributed by atoms with Crippen molar-refractivity contribution >= 4 is 37.9 Å². The Morgan fingerprint density at radius 2 is 2.04 bits per heavy atom. The van der Waals surface area contributed by atoms with E-state index in [1.54, 1.807) is 11.3 Å². The summed E-state index contributed by atoms with van der Waals surface area (Å²) in [5, 5.41) is 6.21. The van der Waals surface area contributed by atoms with Crippen LogP contribution in [-0.2, 0) is 12.8 Å². The Kier molecular flexibility index (Phi) is 3.11. The monoisotopic (exact) mass is 353 g/mol. The largest absolute Gasteiger partial charge is 0.284 e. The Bertz CT molecular complexity index is 1150. The minimum atomic E-state index is -0.00967. The first-order valence-corrected chi connectivity index (χ1v) is 9.75. The quantitative estimate of drug-likeness (QED) is 0.515. The zero-order valence-corrected chi connectivity index (χ0v) is 14.8. The summed E-state index contributed by atoms with van der Waals surface area (Å²) in [6, 6.07) is 8.19. The Morgan fingerprint density at radius 1 is 1.17 bits per heavy atom. The van der Waals surface area contributed by atoms with E-state index in [1.165, 1.54) is 38.3 Å². The van der Waals surface area contributed by atoms with E-state index in [4.69, 9.17) is 4.98 Å². The van der Waals surface area contributed by atoms with Crippen molar-refractivity contribution in [3.05, 3.63) is 50.6 Å². The van der Waals surface area contributed by atoms with E-state index in [9.17, 15) is 4.79 Å². The SMILES string of the molecule is Cc1cccc(-c2nn3c(=O)c4c5c(sc4nc3s2)CCCC5)c1. The van der Waals surface area contributed by atoms with Crippen LogP contribution in [0, 0.1) is 6.92 Å². The number of nitrogens with zero attached hydrogens (tertiary/aromatic N) is 3. The maximum atomic E-state index is 13.0. The van der Waals surface area contributed by atoms with Gasteiger partial charge in [-0.1, -0.05) is 35.1 Å². The normalized spacial score (nSPS) is 14.4. The van der Waals surface area contributed by atoms with E-state index < -0.39 is 0 Å². The van der Waals surface area contributed by atoms with E-state index >= 15 is 0 Å². The molecule has 0 saturated carbocycles. The van der Waals surface area contributed by atoms with Crippen molar-refractivity contribution in [1.29, 1.82) is 0 Å². The van der Waals surface area contributed by atoms with Crippen molar-refractivity contribution in [3.8, 4) is 10.6 Å². The lowest BCUT2D eigenvalue weighted by Gasteiger charge is -2.09. The average Bonchev–Trinajstić information content (AvgIpc) is 3.16. The fourth-order valence-electron chi connectivity index (χ4n) is 3.42. The van der Waals surface area contributed by atoms with Gasteiger partial charge in [0.15, 0.2) is 0 Å². The van der Waals surface area contributed by atoms with Gasteiger partial charge in [0.2, 0.25) is 4.96 Å². The molecule has 0 fully saturated rings. The summed E-state index contributed by atoms with van der Waals surface area (Å²) in [5.41, 5.74) is 3.43. The van der Waals surface area contributed by atoms with Gasteiger partial charge in [0, 0.05) is 10.4 Å². The fourth-order valence-corrected chi connectivity index (χ4v) is 5.62. The third-order valence-corrected chi connectivity index (χ3v) is 6.72. The molecule has 24 heavy (non-hydrogen) atoms. The number of rotatable bonds is 1. The molecule has 1 aliphatic rings. The summed E-state index contributed by atoms with van der Waals surface area (Å²) < 4.78 is 1.49. The highest BCUT2D eigenvalue weighted by Crippen LogP contribution is 2.35. The van der Waals surface area contributed by atoms with Gasteiger partial charge in [-0.05, 0) is 44.2 Å². The van der Waals surface area contributed by atoms with Crippen LogP contribution in [0.25, 0.3) is 25.7 Å². The Morgan fingerprint density at radius 3 is 2.92 bits per heavy atom. The van der Waals surface area contributed by atoms with Gasteiger partial charge in [-0.2, -0.15) is 9.61 Å². The van der Waals surface area contributed by atoms with Crippen molar-refractivity contribution in [2.75, 3.05) is 0 Å². The van der Waals surface area contributed by atoms with Crippen molar-refractivity contribution in [2.45, 2.75) is 32.6 Å². The molecule has 6 heteroatoms. The Balaban J connectivity index is 1.79. The summed E-state index contributed by atoms with van der Waals surface area (Å²) in [6.45, 7) is 2.06. The fraction of sp³-hybridized carbons (Fsp3) is 0.278. The summed E-state index contributed by atoms with van der Waals surface area (Å²) >= 11 is 3.17. The van der Waals surface area contributed by atoms with Gasteiger partial charge >= 0.3 is 0 Å². The molecule has 0 atom stereocenters. The Hall–Kier alpha value is -2.05. The standard InChI is InChI=1S/C18H15N3OS2/c1-10-5-4-6-11(9-10)15-20-21-17(22)14-12-7-2-3-8-13(12)23-16(14)19-18(21)24-15/h4-6,9H,2-3,7-8H2,1H3. The molecule has 0 N–H and O–H groups in total. The van der Waals surface area contributed by atoms with Crippen molar-refractivity contribution < 1.29 is 0 Å². The summed E-state index contributed by atoms with van der Waals surface area (Å²) in [6.07, 6.45) is 4.45. The molecular formula is C18H15N3OS2. The number of thiophene rings is 1. The highest BCUT2D eigenvalue weighted by Gasteiger charge is 2.21. The van der Waals surface area contributed by atoms with Crippen molar-refractivity contribution in [2.24, 2.45) is 0 Å². The van der Waals surface area contributed by atoms with E-state index in [0.29, 0.717) is 4.96 Å². The molecular weight excluding hydrogens is 338 g/mol. The van der Waals surface area contributed by atoms with Crippen LogP contribution in [-0.4, -0.2) is 14.6 Å². The molecule has 3 aromatic heterocycles. The first kappa shape index (κ1) is 14.3. The molecule has 0 spiro atoms. The summed E-state index contributed by atoms with van der Waals surface area (Å²) in [7, 11) is 0. The molecule has 4 nitrogen and oxygen atoms in total. The molecule has 120 valence electrons. The van der Waals surface area contributed by atoms with E-state index in [0.717, 1.165) is 40.1 Å². The van der Waals surface area contributed by atoms with Crippen LogP contribution in [0.3, 0.4) is 0 Å². The highest BCUT2D eigenvalue weighted by atomic mass is 32.1. The molecule has 3 heterocycles. The molecule has 4 aromatic rings. The van der Waals surface area contributed by atoms with Gasteiger partial charge in [0.05, 0.1) is 5.39 Å². The maximum absolute atomic E-state index is 13.0. The lowest BCUT2D eigenvalue weighted by Crippen LogP contribution is -2.16. The summed E-state index contributed by atoms with van der Waals surface area (Å²) in [5.74, 6) is 0. The predicted octanol–water partition coefficient (Wildman–Crippen LogP) is 4.22. The zero-order valence-electron chi connectivity index (χ0n) is 13.2. The number of hydrogen-bond donors (Lipinski definition) is 0. The van der Waals surface area contributed by atoms with Gasteiger partial charge < -0.3 is 0 Å². The molecule has 0 amide bonds. The van der Waals surface area contributed by atoms with Gasteiger partial charge in [-0.3, -0.25) is 4.79 Å². The minimum Gasteiger partial charge on any atom is -0.266 e. The van der Waals surface area contributed by atoms with Crippen LogP contribution in [0.4, 0.5) is 0 Å². The molecule has 0 aliphatic heterocycles.